The Morgan fingerprint density at radius 1 is 1.35 bits per heavy atom. The molecule has 0 aromatic carbocycles. The second-order valence-electron chi connectivity index (χ2n) is 8.05. The highest BCUT2D eigenvalue weighted by atomic mass is 79.9. The molecule has 3 atom stereocenters. The molecule has 5 rings (SSSR count). The van der Waals surface area contributed by atoms with E-state index in [0.29, 0.717) is 5.41 Å². The lowest BCUT2D eigenvalue weighted by molar-refractivity contribution is -0.152. The van der Waals surface area contributed by atoms with Crippen LogP contribution in [0.3, 0.4) is 0 Å². The Kier molecular flexibility index (Phi) is 3.15. The fourth-order valence-corrected chi connectivity index (χ4v) is 7.60. The summed E-state index contributed by atoms with van der Waals surface area (Å²) in [6, 6.07) is 2.10. The molecule has 0 aliphatic heterocycles. The van der Waals surface area contributed by atoms with Gasteiger partial charge in [0.1, 0.15) is 0 Å². The van der Waals surface area contributed by atoms with E-state index in [2.05, 4.69) is 34.3 Å². The summed E-state index contributed by atoms with van der Waals surface area (Å²) in [6.07, 6.45) is 8.79. The molecular formula is C17H23BrOS. The molecule has 3 heteroatoms. The minimum Gasteiger partial charge on any atom is -0.392 e. The van der Waals surface area contributed by atoms with Crippen molar-refractivity contribution in [2.75, 3.05) is 0 Å². The molecule has 4 aliphatic rings. The number of halogens is 1. The highest BCUT2D eigenvalue weighted by Gasteiger charge is 2.58. The van der Waals surface area contributed by atoms with E-state index in [-0.39, 0.29) is 11.5 Å². The second kappa shape index (κ2) is 4.57. The van der Waals surface area contributed by atoms with E-state index in [4.69, 9.17) is 0 Å². The summed E-state index contributed by atoms with van der Waals surface area (Å²) in [4.78, 5) is 1.32. The summed E-state index contributed by atoms with van der Waals surface area (Å²) in [6.45, 7) is 2.48. The predicted octanol–water partition coefficient (Wildman–Crippen LogP) is 5.02. The van der Waals surface area contributed by atoms with E-state index < -0.39 is 0 Å². The van der Waals surface area contributed by atoms with Gasteiger partial charge in [0.25, 0.3) is 0 Å². The maximum absolute atomic E-state index is 11.0. The molecule has 1 heterocycles. The van der Waals surface area contributed by atoms with Gasteiger partial charge in [-0.25, -0.2) is 0 Å². The molecule has 0 amide bonds. The van der Waals surface area contributed by atoms with Crippen LogP contribution >= 0.6 is 27.3 Å². The van der Waals surface area contributed by atoms with Gasteiger partial charge in [0.05, 0.1) is 6.10 Å². The zero-order chi connectivity index (χ0) is 14.0. The van der Waals surface area contributed by atoms with Crippen molar-refractivity contribution in [1.82, 2.24) is 0 Å². The topological polar surface area (TPSA) is 20.2 Å². The number of thiophene rings is 1. The van der Waals surface area contributed by atoms with Crippen LogP contribution in [-0.2, 0) is 6.42 Å². The van der Waals surface area contributed by atoms with E-state index in [1.165, 1.54) is 47.9 Å². The molecule has 4 fully saturated rings. The van der Waals surface area contributed by atoms with E-state index in [1.807, 2.05) is 0 Å². The highest BCUT2D eigenvalue weighted by molar-refractivity contribution is 9.10. The molecule has 0 saturated heterocycles. The lowest BCUT2D eigenvalue weighted by atomic mass is 9.43. The molecule has 110 valence electrons. The molecule has 4 aliphatic carbocycles. The van der Waals surface area contributed by atoms with Crippen molar-refractivity contribution < 1.29 is 5.11 Å². The SMILES string of the molecule is CC12CC3CC(C1)CC(C(O)Cc1sccc1Br)(C3)C2. The maximum Gasteiger partial charge on any atom is 0.0645 e. The van der Waals surface area contributed by atoms with Crippen molar-refractivity contribution >= 4 is 27.3 Å². The van der Waals surface area contributed by atoms with Crippen molar-refractivity contribution in [2.45, 2.75) is 58.0 Å². The lowest BCUT2D eigenvalue weighted by Gasteiger charge is -2.62. The molecule has 20 heavy (non-hydrogen) atoms. The Labute approximate surface area is 133 Å². The minimum absolute atomic E-state index is 0.150. The Morgan fingerprint density at radius 2 is 2.05 bits per heavy atom. The predicted molar refractivity (Wildman–Crippen MR) is 87.0 cm³/mol. The molecule has 4 bridgehead atoms. The fraction of sp³-hybridized carbons (Fsp3) is 0.765. The first-order valence-corrected chi connectivity index (χ1v) is 9.55. The average Bonchev–Trinajstić information content (AvgIpc) is 2.71. The van der Waals surface area contributed by atoms with Gasteiger partial charge < -0.3 is 5.11 Å². The van der Waals surface area contributed by atoms with E-state index >= 15 is 0 Å². The van der Waals surface area contributed by atoms with Crippen molar-refractivity contribution in [3.8, 4) is 0 Å². The Hall–Kier alpha value is 0.140. The van der Waals surface area contributed by atoms with Crippen LogP contribution in [0, 0.1) is 22.7 Å². The standard InChI is InChI=1S/C17H23BrOS/c1-16-6-11-4-12(7-16)9-17(8-11,10-16)15(19)5-14-13(18)2-3-20-14/h2-3,11-12,15,19H,4-10H2,1H3. The zero-order valence-electron chi connectivity index (χ0n) is 12.1. The molecule has 1 aromatic heterocycles. The highest BCUT2D eigenvalue weighted by Crippen LogP contribution is 2.66. The number of aliphatic hydroxyl groups excluding tert-OH is 1. The van der Waals surface area contributed by atoms with Gasteiger partial charge in [0.2, 0.25) is 0 Å². The largest absolute Gasteiger partial charge is 0.392 e. The third-order valence-corrected chi connectivity index (χ3v) is 8.12. The zero-order valence-corrected chi connectivity index (χ0v) is 14.5. The van der Waals surface area contributed by atoms with Crippen molar-refractivity contribution in [2.24, 2.45) is 22.7 Å². The lowest BCUT2D eigenvalue weighted by Crippen LogP contribution is -2.55. The van der Waals surface area contributed by atoms with Gasteiger partial charge in [-0.15, -0.1) is 11.3 Å². The molecule has 1 N–H and O–H groups in total. The van der Waals surface area contributed by atoms with E-state index in [0.717, 1.165) is 18.3 Å². The first kappa shape index (κ1) is 13.8. The summed E-state index contributed by atoms with van der Waals surface area (Å²) < 4.78 is 1.18. The van der Waals surface area contributed by atoms with Gasteiger partial charge in [-0.2, -0.15) is 0 Å². The number of rotatable bonds is 3. The normalized spacial score (nSPS) is 44.0. The van der Waals surface area contributed by atoms with Crippen LogP contribution in [0.25, 0.3) is 0 Å². The summed E-state index contributed by atoms with van der Waals surface area (Å²) in [5, 5.41) is 13.1. The average molecular weight is 355 g/mol. The van der Waals surface area contributed by atoms with Crippen LogP contribution in [0.5, 0.6) is 0 Å². The van der Waals surface area contributed by atoms with Gasteiger partial charge in [-0.05, 0) is 88.6 Å². The molecule has 4 saturated carbocycles. The summed E-state index contributed by atoms with van der Waals surface area (Å²) in [5.74, 6) is 1.78. The van der Waals surface area contributed by atoms with Crippen LogP contribution in [0.15, 0.2) is 15.9 Å². The molecule has 1 aromatic rings. The third kappa shape index (κ3) is 2.12. The number of hydrogen-bond acceptors (Lipinski definition) is 2. The third-order valence-electron chi connectivity index (χ3n) is 6.18. The Bertz CT molecular complexity index is 509. The van der Waals surface area contributed by atoms with Crippen LogP contribution in [0.1, 0.15) is 50.3 Å². The smallest absolute Gasteiger partial charge is 0.0645 e. The van der Waals surface area contributed by atoms with Crippen LogP contribution in [0.2, 0.25) is 0 Å². The van der Waals surface area contributed by atoms with Gasteiger partial charge >= 0.3 is 0 Å². The van der Waals surface area contributed by atoms with Gasteiger partial charge in [-0.3, -0.25) is 0 Å². The molecule has 1 nitrogen and oxygen atoms in total. The van der Waals surface area contributed by atoms with Crippen LogP contribution in [-0.4, -0.2) is 11.2 Å². The first-order chi connectivity index (χ1) is 9.48. The molecule has 0 radical (unpaired) electrons. The molecular weight excluding hydrogens is 332 g/mol. The van der Waals surface area contributed by atoms with Crippen molar-refractivity contribution in [3.63, 3.8) is 0 Å². The molecule has 3 unspecified atom stereocenters. The maximum atomic E-state index is 11.0. The summed E-state index contributed by atoms with van der Waals surface area (Å²) >= 11 is 5.39. The Balaban J connectivity index is 1.59. The first-order valence-electron chi connectivity index (χ1n) is 7.88. The van der Waals surface area contributed by atoms with Crippen molar-refractivity contribution in [1.29, 1.82) is 0 Å². The summed E-state index contributed by atoms with van der Waals surface area (Å²) in [5.41, 5.74) is 0.750. The van der Waals surface area contributed by atoms with E-state index in [9.17, 15) is 5.11 Å². The summed E-state index contributed by atoms with van der Waals surface area (Å²) in [7, 11) is 0. The van der Waals surface area contributed by atoms with Crippen LogP contribution in [0.4, 0.5) is 0 Å². The van der Waals surface area contributed by atoms with Crippen LogP contribution < -0.4 is 0 Å². The quantitative estimate of drug-likeness (QED) is 0.807. The minimum atomic E-state index is -0.150. The molecule has 0 spiro atoms. The van der Waals surface area contributed by atoms with Gasteiger partial charge in [-0.1, -0.05) is 6.92 Å². The monoisotopic (exact) mass is 354 g/mol. The van der Waals surface area contributed by atoms with Crippen molar-refractivity contribution in [3.05, 3.63) is 20.8 Å². The number of aliphatic hydroxyl groups is 1. The number of hydrogen-bond donors (Lipinski definition) is 1. The fourth-order valence-electron chi connectivity index (χ4n) is 6.05. The Morgan fingerprint density at radius 3 is 2.60 bits per heavy atom. The second-order valence-corrected chi connectivity index (χ2v) is 9.90. The van der Waals surface area contributed by atoms with Gasteiger partial charge in [0.15, 0.2) is 0 Å². The van der Waals surface area contributed by atoms with E-state index in [1.54, 1.807) is 11.3 Å². The van der Waals surface area contributed by atoms with Gasteiger partial charge in [0, 0.05) is 15.8 Å².